The highest BCUT2D eigenvalue weighted by Crippen LogP contribution is 2.20. The van der Waals surface area contributed by atoms with Gasteiger partial charge in [0.1, 0.15) is 11.4 Å². The Hall–Kier alpha value is -3.61. The molecule has 1 aromatic heterocycles. The maximum atomic E-state index is 13.0. The molecule has 0 atom stereocenters. The summed E-state index contributed by atoms with van der Waals surface area (Å²) in [6.45, 7) is 5.57. The van der Waals surface area contributed by atoms with Crippen LogP contribution in [0.15, 0.2) is 48.5 Å². The van der Waals surface area contributed by atoms with Crippen molar-refractivity contribution in [2.75, 3.05) is 19.0 Å². The number of fused-ring (bicyclic) bond motifs is 1. The standard InChI is InChI=1S/C23H24N4O3/c1-15-7-8-18(11-16(15)2)24-22(28)20-13-21-23(29)26(9-10-27(21)25-20)14-17-5-4-6-19(12-17)30-3/h4-8,11-13H,9-10,14H2,1-3H3,(H,24,28). The number of ether oxygens (including phenoxy) is 1. The molecule has 1 N–H and O–H groups in total. The molecule has 0 spiro atoms. The Kier molecular flexibility index (Phi) is 5.27. The van der Waals surface area contributed by atoms with E-state index in [9.17, 15) is 9.59 Å². The van der Waals surface area contributed by atoms with Gasteiger partial charge in [-0.2, -0.15) is 5.10 Å². The van der Waals surface area contributed by atoms with Crippen molar-refractivity contribution < 1.29 is 14.3 Å². The van der Waals surface area contributed by atoms with Gasteiger partial charge in [0.15, 0.2) is 5.69 Å². The minimum atomic E-state index is -0.327. The van der Waals surface area contributed by atoms with Gasteiger partial charge in [-0.05, 0) is 54.8 Å². The van der Waals surface area contributed by atoms with E-state index >= 15 is 0 Å². The maximum Gasteiger partial charge on any atom is 0.276 e. The van der Waals surface area contributed by atoms with Gasteiger partial charge < -0.3 is 15.0 Å². The molecule has 3 aromatic rings. The number of anilines is 1. The van der Waals surface area contributed by atoms with Crippen LogP contribution >= 0.6 is 0 Å². The average Bonchev–Trinajstić information content (AvgIpc) is 3.18. The van der Waals surface area contributed by atoms with Gasteiger partial charge in [-0.15, -0.1) is 0 Å². The van der Waals surface area contributed by atoms with E-state index in [1.165, 1.54) is 0 Å². The van der Waals surface area contributed by atoms with E-state index < -0.39 is 0 Å². The first-order valence-electron chi connectivity index (χ1n) is 9.83. The van der Waals surface area contributed by atoms with Crippen molar-refractivity contribution in [2.24, 2.45) is 0 Å². The van der Waals surface area contributed by atoms with Crippen LogP contribution < -0.4 is 10.1 Å². The van der Waals surface area contributed by atoms with Crippen molar-refractivity contribution in [3.63, 3.8) is 0 Å². The third-order valence-corrected chi connectivity index (χ3v) is 5.37. The molecular weight excluding hydrogens is 380 g/mol. The van der Waals surface area contributed by atoms with Crippen molar-refractivity contribution in [3.05, 3.63) is 76.6 Å². The predicted molar refractivity (Wildman–Crippen MR) is 114 cm³/mol. The van der Waals surface area contributed by atoms with E-state index in [-0.39, 0.29) is 17.5 Å². The Morgan fingerprint density at radius 3 is 2.70 bits per heavy atom. The Labute approximate surface area is 175 Å². The third-order valence-electron chi connectivity index (χ3n) is 5.37. The Morgan fingerprint density at radius 1 is 1.10 bits per heavy atom. The van der Waals surface area contributed by atoms with Crippen LogP contribution in [0.2, 0.25) is 0 Å². The first-order valence-corrected chi connectivity index (χ1v) is 9.83. The number of carbonyl (C=O) groups excluding carboxylic acids is 2. The van der Waals surface area contributed by atoms with Crippen molar-refractivity contribution >= 4 is 17.5 Å². The largest absolute Gasteiger partial charge is 0.497 e. The molecule has 154 valence electrons. The maximum absolute atomic E-state index is 13.0. The Balaban J connectivity index is 1.49. The van der Waals surface area contributed by atoms with Crippen molar-refractivity contribution in [1.82, 2.24) is 14.7 Å². The molecule has 30 heavy (non-hydrogen) atoms. The Bertz CT molecular complexity index is 1120. The predicted octanol–water partition coefficient (Wildman–Crippen LogP) is 3.42. The zero-order valence-corrected chi connectivity index (χ0v) is 17.3. The van der Waals surface area contributed by atoms with Crippen LogP contribution in [-0.4, -0.2) is 40.1 Å². The Morgan fingerprint density at radius 2 is 1.93 bits per heavy atom. The minimum Gasteiger partial charge on any atom is -0.497 e. The van der Waals surface area contributed by atoms with Gasteiger partial charge in [0.05, 0.1) is 13.7 Å². The molecule has 0 aliphatic carbocycles. The van der Waals surface area contributed by atoms with E-state index in [4.69, 9.17) is 4.74 Å². The van der Waals surface area contributed by atoms with Crippen LogP contribution in [0.1, 0.15) is 37.7 Å². The molecule has 1 aliphatic rings. The number of benzene rings is 2. The quantitative estimate of drug-likeness (QED) is 0.707. The SMILES string of the molecule is COc1cccc(CN2CCn3nc(C(=O)Nc4ccc(C)c(C)c4)cc3C2=O)c1. The first kappa shape index (κ1) is 19.7. The highest BCUT2D eigenvalue weighted by Gasteiger charge is 2.28. The van der Waals surface area contributed by atoms with Crippen LogP contribution in [0.3, 0.4) is 0 Å². The lowest BCUT2D eigenvalue weighted by Crippen LogP contribution is -2.39. The molecule has 4 rings (SSSR count). The second-order valence-corrected chi connectivity index (χ2v) is 7.47. The van der Waals surface area contributed by atoms with Crippen LogP contribution in [0.4, 0.5) is 5.69 Å². The third kappa shape index (κ3) is 3.91. The summed E-state index contributed by atoms with van der Waals surface area (Å²) < 4.78 is 6.87. The number of hydrogen-bond donors (Lipinski definition) is 1. The van der Waals surface area contributed by atoms with Gasteiger partial charge in [0, 0.05) is 24.8 Å². The number of hydrogen-bond acceptors (Lipinski definition) is 4. The summed E-state index contributed by atoms with van der Waals surface area (Å²) in [7, 11) is 1.62. The summed E-state index contributed by atoms with van der Waals surface area (Å²) in [5, 5.41) is 7.20. The highest BCUT2D eigenvalue weighted by atomic mass is 16.5. The molecule has 2 aromatic carbocycles. The molecule has 0 saturated heterocycles. The van der Waals surface area contributed by atoms with Crippen molar-refractivity contribution in [2.45, 2.75) is 26.9 Å². The van der Waals surface area contributed by atoms with Crippen LogP contribution in [0, 0.1) is 13.8 Å². The zero-order valence-electron chi connectivity index (χ0n) is 17.3. The number of aryl methyl sites for hydroxylation is 2. The molecule has 0 bridgehead atoms. The van der Waals surface area contributed by atoms with E-state index in [1.807, 2.05) is 56.3 Å². The second kappa shape index (κ2) is 8.02. The fourth-order valence-electron chi connectivity index (χ4n) is 3.51. The van der Waals surface area contributed by atoms with Gasteiger partial charge in [-0.25, -0.2) is 0 Å². The van der Waals surface area contributed by atoms with Gasteiger partial charge in [-0.1, -0.05) is 18.2 Å². The summed E-state index contributed by atoms with van der Waals surface area (Å²) in [4.78, 5) is 27.4. The van der Waals surface area contributed by atoms with Crippen LogP contribution in [-0.2, 0) is 13.1 Å². The molecule has 0 fully saturated rings. The number of amides is 2. The van der Waals surface area contributed by atoms with Gasteiger partial charge >= 0.3 is 0 Å². The molecule has 0 radical (unpaired) electrons. The average molecular weight is 404 g/mol. The summed E-state index contributed by atoms with van der Waals surface area (Å²) in [5.74, 6) is 0.293. The molecule has 7 nitrogen and oxygen atoms in total. The van der Waals surface area contributed by atoms with Crippen molar-refractivity contribution in [1.29, 1.82) is 0 Å². The molecule has 0 saturated carbocycles. The second-order valence-electron chi connectivity index (χ2n) is 7.47. The number of rotatable bonds is 5. The lowest BCUT2D eigenvalue weighted by molar-refractivity contribution is 0.0683. The molecule has 7 heteroatoms. The molecule has 2 heterocycles. The van der Waals surface area contributed by atoms with E-state index in [1.54, 1.807) is 22.8 Å². The molecular formula is C23H24N4O3. The highest BCUT2D eigenvalue weighted by molar-refractivity contribution is 6.04. The number of nitrogens with one attached hydrogen (secondary N) is 1. The van der Waals surface area contributed by atoms with Gasteiger partial charge in [0.25, 0.3) is 11.8 Å². The van der Waals surface area contributed by atoms with E-state index in [2.05, 4.69) is 10.4 Å². The lowest BCUT2D eigenvalue weighted by Gasteiger charge is -2.27. The smallest absolute Gasteiger partial charge is 0.276 e. The number of nitrogens with zero attached hydrogens (tertiary/aromatic N) is 3. The van der Waals surface area contributed by atoms with Crippen molar-refractivity contribution in [3.8, 4) is 5.75 Å². The molecule has 1 aliphatic heterocycles. The normalized spacial score (nSPS) is 13.2. The summed E-state index contributed by atoms with van der Waals surface area (Å²) >= 11 is 0. The minimum absolute atomic E-state index is 0.137. The number of aromatic nitrogens is 2. The van der Waals surface area contributed by atoms with Gasteiger partial charge in [0.2, 0.25) is 0 Å². The van der Waals surface area contributed by atoms with E-state index in [0.29, 0.717) is 31.0 Å². The topological polar surface area (TPSA) is 76.5 Å². The van der Waals surface area contributed by atoms with E-state index in [0.717, 1.165) is 22.4 Å². The lowest BCUT2D eigenvalue weighted by atomic mass is 10.1. The van der Waals surface area contributed by atoms with Crippen LogP contribution in [0.5, 0.6) is 5.75 Å². The number of carbonyl (C=O) groups is 2. The zero-order chi connectivity index (χ0) is 21.3. The first-order chi connectivity index (χ1) is 14.4. The van der Waals surface area contributed by atoms with Gasteiger partial charge in [-0.3, -0.25) is 14.3 Å². The summed E-state index contributed by atoms with van der Waals surface area (Å²) in [6.07, 6.45) is 0. The molecule has 2 amide bonds. The summed E-state index contributed by atoms with van der Waals surface area (Å²) in [5.41, 5.74) is 4.62. The number of methoxy groups -OCH3 is 1. The summed E-state index contributed by atoms with van der Waals surface area (Å²) in [6, 6.07) is 15.0. The fourth-order valence-corrected chi connectivity index (χ4v) is 3.51. The monoisotopic (exact) mass is 404 g/mol. The molecule has 0 unspecified atom stereocenters. The van der Waals surface area contributed by atoms with Crippen LogP contribution in [0.25, 0.3) is 0 Å². The fraction of sp³-hybridized carbons (Fsp3) is 0.261.